The van der Waals surface area contributed by atoms with Crippen LogP contribution >= 0.6 is 0 Å². The fourth-order valence-electron chi connectivity index (χ4n) is 2.08. The van der Waals surface area contributed by atoms with E-state index >= 15 is 0 Å². The Kier molecular flexibility index (Phi) is 3.91. The number of benzene rings is 1. The van der Waals surface area contributed by atoms with Crippen LogP contribution in [0, 0.1) is 0 Å². The van der Waals surface area contributed by atoms with Gasteiger partial charge in [0.2, 0.25) is 10.0 Å². The second-order valence-corrected chi connectivity index (χ2v) is 6.54. The number of hydrogen-bond acceptors (Lipinski definition) is 3. The highest BCUT2D eigenvalue weighted by atomic mass is 32.2. The summed E-state index contributed by atoms with van der Waals surface area (Å²) >= 11 is 0. The monoisotopic (exact) mass is 283 g/mol. The topological polar surface area (TPSA) is 74.7 Å². The summed E-state index contributed by atoms with van der Waals surface area (Å²) < 4.78 is 26.3. The second kappa shape index (κ2) is 5.30. The van der Waals surface area contributed by atoms with Gasteiger partial charge in [-0.15, -0.1) is 0 Å². The maximum Gasteiger partial charge on any atom is 0.307 e. The molecule has 0 bridgehead atoms. The maximum atomic E-state index is 12.4. The third-order valence-electron chi connectivity index (χ3n) is 3.15. The van der Waals surface area contributed by atoms with Crippen LogP contribution in [0.15, 0.2) is 29.2 Å². The minimum atomic E-state index is -3.45. The highest BCUT2D eigenvalue weighted by Gasteiger charge is 2.36. The summed E-state index contributed by atoms with van der Waals surface area (Å²) in [6.45, 7) is 2.29. The van der Waals surface area contributed by atoms with Crippen LogP contribution in [0.25, 0.3) is 0 Å². The SMILES string of the molecule is CCN(C1CC1)S(=O)(=O)c1ccc(CC(=O)O)cc1. The summed E-state index contributed by atoms with van der Waals surface area (Å²) in [5.41, 5.74) is 0.598. The van der Waals surface area contributed by atoms with Crippen molar-refractivity contribution < 1.29 is 18.3 Å². The Morgan fingerprint density at radius 2 is 1.89 bits per heavy atom. The highest BCUT2D eigenvalue weighted by molar-refractivity contribution is 7.89. The fraction of sp³-hybridized carbons (Fsp3) is 0.462. The van der Waals surface area contributed by atoms with E-state index in [2.05, 4.69) is 0 Å². The van der Waals surface area contributed by atoms with Gasteiger partial charge in [-0.1, -0.05) is 19.1 Å². The Hall–Kier alpha value is -1.40. The van der Waals surface area contributed by atoms with Gasteiger partial charge >= 0.3 is 5.97 Å². The Bertz CT molecular complexity index is 561. The third kappa shape index (κ3) is 3.13. The lowest BCUT2D eigenvalue weighted by Crippen LogP contribution is -2.32. The summed E-state index contributed by atoms with van der Waals surface area (Å²) in [6, 6.07) is 6.22. The summed E-state index contributed by atoms with van der Waals surface area (Å²) in [4.78, 5) is 10.8. The fourth-order valence-corrected chi connectivity index (χ4v) is 3.77. The molecule has 5 nitrogen and oxygen atoms in total. The molecular weight excluding hydrogens is 266 g/mol. The average molecular weight is 283 g/mol. The Morgan fingerprint density at radius 1 is 1.32 bits per heavy atom. The molecule has 0 aromatic heterocycles. The largest absolute Gasteiger partial charge is 0.481 e. The third-order valence-corrected chi connectivity index (χ3v) is 5.19. The predicted octanol–water partition coefficient (Wildman–Crippen LogP) is 1.49. The zero-order valence-electron chi connectivity index (χ0n) is 10.7. The van der Waals surface area contributed by atoms with Gasteiger partial charge in [0.1, 0.15) is 0 Å². The van der Waals surface area contributed by atoms with Gasteiger partial charge in [-0.05, 0) is 30.5 Å². The van der Waals surface area contributed by atoms with E-state index < -0.39 is 16.0 Å². The first-order chi connectivity index (χ1) is 8.95. The van der Waals surface area contributed by atoms with Gasteiger partial charge < -0.3 is 5.11 Å². The number of hydrogen-bond donors (Lipinski definition) is 1. The number of sulfonamides is 1. The van der Waals surface area contributed by atoms with E-state index in [1.165, 1.54) is 16.4 Å². The van der Waals surface area contributed by atoms with E-state index in [0.717, 1.165) is 12.8 Å². The molecule has 0 unspecified atom stereocenters. The molecule has 19 heavy (non-hydrogen) atoms. The molecule has 1 aromatic rings. The van der Waals surface area contributed by atoms with Crippen LogP contribution < -0.4 is 0 Å². The number of carboxylic acids is 1. The lowest BCUT2D eigenvalue weighted by Gasteiger charge is -2.20. The molecule has 6 heteroatoms. The van der Waals surface area contributed by atoms with E-state index in [4.69, 9.17) is 5.11 Å². The van der Waals surface area contributed by atoms with Crippen molar-refractivity contribution in [1.82, 2.24) is 4.31 Å². The summed E-state index contributed by atoms with van der Waals surface area (Å²) in [5.74, 6) is -0.927. The zero-order chi connectivity index (χ0) is 14.0. The molecule has 1 aliphatic rings. The Labute approximate surface area is 112 Å². The molecule has 2 rings (SSSR count). The highest BCUT2D eigenvalue weighted by Crippen LogP contribution is 2.31. The van der Waals surface area contributed by atoms with Crippen LogP contribution in [-0.4, -0.2) is 36.4 Å². The van der Waals surface area contributed by atoms with Gasteiger partial charge in [-0.2, -0.15) is 4.31 Å². The first kappa shape index (κ1) is 14.0. The lowest BCUT2D eigenvalue weighted by molar-refractivity contribution is -0.136. The first-order valence-corrected chi connectivity index (χ1v) is 7.71. The molecule has 104 valence electrons. The van der Waals surface area contributed by atoms with Crippen LogP contribution in [-0.2, 0) is 21.2 Å². The van der Waals surface area contributed by atoms with Crippen LogP contribution in [0.2, 0.25) is 0 Å². The summed E-state index contributed by atoms with van der Waals surface area (Å²) in [6.07, 6.45) is 1.74. The second-order valence-electron chi connectivity index (χ2n) is 4.65. The molecule has 1 aromatic carbocycles. The molecular formula is C13H17NO4S. The van der Waals surface area contributed by atoms with Gasteiger partial charge in [0.25, 0.3) is 0 Å². The van der Waals surface area contributed by atoms with Gasteiger partial charge in [-0.25, -0.2) is 8.42 Å². The standard InChI is InChI=1S/C13H17NO4S/c1-2-14(11-5-6-11)19(17,18)12-7-3-10(4-8-12)9-13(15)16/h3-4,7-8,11H,2,5-6,9H2,1H3,(H,15,16). The molecule has 0 amide bonds. The molecule has 0 radical (unpaired) electrons. The van der Waals surface area contributed by atoms with Crippen molar-refractivity contribution >= 4 is 16.0 Å². The normalized spacial score (nSPS) is 15.7. The molecule has 0 atom stereocenters. The number of nitrogens with zero attached hydrogens (tertiary/aromatic N) is 1. The molecule has 1 aliphatic carbocycles. The molecule has 0 aliphatic heterocycles. The van der Waals surface area contributed by atoms with Crippen LogP contribution in [0.4, 0.5) is 0 Å². The predicted molar refractivity (Wildman–Crippen MR) is 70.4 cm³/mol. The average Bonchev–Trinajstić information content (AvgIpc) is 3.14. The minimum Gasteiger partial charge on any atom is -0.481 e. The van der Waals surface area contributed by atoms with Crippen LogP contribution in [0.5, 0.6) is 0 Å². The number of aliphatic carboxylic acids is 1. The Balaban J connectivity index is 2.22. The summed E-state index contributed by atoms with van der Waals surface area (Å²) in [5, 5.41) is 8.68. The molecule has 1 N–H and O–H groups in total. The smallest absolute Gasteiger partial charge is 0.307 e. The van der Waals surface area contributed by atoms with Gasteiger partial charge in [0.15, 0.2) is 0 Å². The van der Waals surface area contributed by atoms with Gasteiger partial charge in [-0.3, -0.25) is 4.79 Å². The molecule has 1 saturated carbocycles. The molecule has 1 fully saturated rings. The molecule has 0 saturated heterocycles. The minimum absolute atomic E-state index is 0.0968. The van der Waals surface area contributed by atoms with Crippen molar-refractivity contribution in [3.63, 3.8) is 0 Å². The van der Waals surface area contributed by atoms with E-state index in [0.29, 0.717) is 12.1 Å². The van der Waals surface area contributed by atoms with Crippen molar-refractivity contribution in [3.05, 3.63) is 29.8 Å². The zero-order valence-corrected chi connectivity index (χ0v) is 11.6. The van der Waals surface area contributed by atoms with E-state index in [-0.39, 0.29) is 17.4 Å². The Morgan fingerprint density at radius 3 is 2.32 bits per heavy atom. The van der Waals surface area contributed by atoms with Crippen molar-refractivity contribution in [2.24, 2.45) is 0 Å². The quantitative estimate of drug-likeness (QED) is 0.858. The van der Waals surface area contributed by atoms with Crippen LogP contribution in [0.1, 0.15) is 25.3 Å². The van der Waals surface area contributed by atoms with Crippen LogP contribution in [0.3, 0.4) is 0 Å². The van der Waals surface area contributed by atoms with Crippen molar-refractivity contribution in [1.29, 1.82) is 0 Å². The maximum absolute atomic E-state index is 12.4. The van der Waals surface area contributed by atoms with Gasteiger partial charge in [0, 0.05) is 12.6 Å². The lowest BCUT2D eigenvalue weighted by atomic mass is 10.2. The molecule has 0 heterocycles. The molecule has 0 spiro atoms. The van der Waals surface area contributed by atoms with E-state index in [1.807, 2.05) is 6.92 Å². The van der Waals surface area contributed by atoms with E-state index in [1.54, 1.807) is 12.1 Å². The number of carbonyl (C=O) groups is 1. The van der Waals surface area contributed by atoms with Crippen molar-refractivity contribution in [2.75, 3.05) is 6.54 Å². The summed E-state index contributed by atoms with van der Waals surface area (Å²) in [7, 11) is -3.45. The van der Waals surface area contributed by atoms with Gasteiger partial charge in [0.05, 0.1) is 11.3 Å². The number of rotatable bonds is 6. The van der Waals surface area contributed by atoms with Crippen molar-refractivity contribution in [2.45, 2.75) is 37.1 Å². The van der Waals surface area contributed by atoms with E-state index in [9.17, 15) is 13.2 Å². The number of carboxylic acid groups (broad SMARTS) is 1. The first-order valence-electron chi connectivity index (χ1n) is 6.27. The van der Waals surface area contributed by atoms with Crippen molar-refractivity contribution in [3.8, 4) is 0 Å².